The van der Waals surface area contributed by atoms with Crippen LogP contribution in [0.1, 0.15) is 40.5 Å². The van der Waals surface area contributed by atoms with Gasteiger partial charge in [0.05, 0.1) is 48.7 Å². The summed E-state index contributed by atoms with van der Waals surface area (Å²) in [6.45, 7) is 4.38. The summed E-state index contributed by atoms with van der Waals surface area (Å²) >= 11 is 5.76. The topological polar surface area (TPSA) is 98.6 Å². The molecule has 36 heavy (non-hydrogen) atoms. The van der Waals surface area contributed by atoms with Gasteiger partial charge in [0.15, 0.2) is 5.11 Å². The van der Waals surface area contributed by atoms with E-state index < -0.39 is 0 Å². The molecule has 10 heteroatoms. The summed E-state index contributed by atoms with van der Waals surface area (Å²) in [5, 5.41) is 16.0. The molecule has 9 nitrogen and oxygen atoms in total. The first kappa shape index (κ1) is 23.6. The fourth-order valence-electron chi connectivity index (χ4n) is 4.91. The average Bonchev–Trinajstić information content (AvgIpc) is 3.58. The molecule has 1 fully saturated rings. The molecule has 4 heterocycles. The molecule has 3 aromatic heterocycles. The Morgan fingerprint density at radius 2 is 2.03 bits per heavy atom. The fraction of sp³-hybridized carbons (Fsp3) is 0.231. The zero-order chi connectivity index (χ0) is 25.4. The molecular weight excluding hydrogens is 478 g/mol. The number of nitrogens with zero attached hydrogens (tertiary/aromatic N) is 4. The third kappa shape index (κ3) is 4.09. The summed E-state index contributed by atoms with van der Waals surface area (Å²) in [5.41, 5.74) is 4.03. The van der Waals surface area contributed by atoms with Crippen molar-refractivity contribution in [2.75, 3.05) is 7.11 Å². The Kier molecular flexibility index (Phi) is 6.19. The van der Waals surface area contributed by atoms with Crippen LogP contribution in [0.2, 0.25) is 0 Å². The number of ether oxygens (including phenoxy) is 1. The van der Waals surface area contributed by atoms with Crippen molar-refractivity contribution in [2.24, 2.45) is 0 Å². The van der Waals surface area contributed by atoms with E-state index in [0.29, 0.717) is 23.1 Å². The van der Waals surface area contributed by atoms with Gasteiger partial charge in [-0.05, 0) is 74.1 Å². The largest absolute Gasteiger partial charge is 0.496 e. The van der Waals surface area contributed by atoms with Crippen molar-refractivity contribution in [3.63, 3.8) is 0 Å². The van der Waals surface area contributed by atoms with Gasteiger partial charge < -0.3 is 23.9 Å². The number of hydrogen-bond donors (Lipinski definition) is 1. The van der Waals surface area contributed by atoms with Crippen molar-refractivity contribution in [2.45, 2.75) is 32.5 Å². The van der Waals surface area contributed by atoms with Crippen LogP contribution in [-0.2, 0) is 6.54 Å². The second-order valence-electron chi connectivity index (χ2n) is 8.61. The van der Waals surface area contributed by atoms with E-state index in [9.17, 15) is 10.1 Å². The Bertz CT molecular complexity index is 1420. The molecule has 184 valence electrons. The third-order valence-electron chi connectivity index (χ3n) is 6.51. The van der Waals surface area contributed by atoms with Crippen molar-refractivity contribution < 1.29 is 14.1 Å². The van der Waals surface area contributed by atoms with Crippen molar-refractivity contribution in [3.8, 4) is 11.4 Å². The Labute approximate surface area is 213 Å². The summed E-state index contributed by atoms with van der Waals surface area (Å²) in [5.74, 6) is 1.21. The highest BCUT2D eigenvalue weighted by atomic mass is 32.1. The number of methoxy groups -OCH3 is 1. The summed E-state index contributed by atoms with van der Waals surface area (Å²) in [6.07, 6.45) is 3.40. The lowest BCUT2D eigenvalue weighted by atomic mass is 9.96. The van der Waals surface area contributed by atoms with Crippen molar-refractivity contribution in [1.29, 1.82) is 0 Å². The van der Waals surface area contributed by atoms with Gasteiger partial charge in [0.2, 0.25) is 0 Å². The standard InChI is InChI=1S/C26H25N5O4S/c1-16-13-20(17(2)30(16)22-10-9-18(34-3)14-23(22)31(32)33)25-24(21-8-4-5-11-27-21)28-26(36)29(25)15-19-7-6-12-35-19/h4-14,24-25H,15H2,1-3H3,(H,28,36). The number of aryl methyl sites for hydroxylation is 1. The number of aromatic nitrogens is 2. The minimum Gasteiger partial charge on any atom is -0.496 e. The number of nitro groups is 1. The van der Waals surface area contributed by atoms with Gasteiger partial charge in [0.1, 0.15) is 17.2 Å². The normalized spacial score (nSPS) is 17.3. The van der Waals surface area contributed by atoms with Crippen LogP contribution in [0.25, 0.3) is 5.69 Å². The molecule has 0 bridgehead atoms. The number of nitrogens with one attached hydrogen (secondary N) is 1. The second-order valence-corrected chi connectivity index (χ2v) is 8.99. The molecule has 1 aromatic carbocycles. The molecular formula is C26H25N5O4S. The number of hydrogen-bond acceptors (Lipinski definition) is 6. The second kappa shape index (κ2) is 9.46. The van der Waals surface area contributed by atoms with Crippen LogP contribution in [0, 0.1) is 24.0 Å². The SMILES string of the molecule is COc1ccc(-n2c(C)cc(C3C(c4ccccn4)NC(=S)N3Cc3ccco3)c2C)c([N+](=O)[O-])c1. The summed E-state index contributed by atoms with van der Waals surface area (Å²) < 4.78 is 12.8. The summed E-state index contributed by atoms with van der Waals surface area (Å²) in [6, 6.07) is 16.1. The van der Waals surface area contributed by atoms with E-state index >= 15 is 0 Å². The summed E-state index contributed by atoms with van der Waals surface area (Å²) in [4.78, 5) is 18.2. The Morgan fingerprint density at radius 3 is 2.69 bits per heavy atom. The maximum Gasteiger partial charge on any atom is 0.296 e. The third-order valence-corrected chi connectivity index (χ3v) is 6.87. The number of furan rings is 1. The molecule has 2 unspecified atom stereocenters. The van der Waals surface area contributed by atoms with Gasteiger partial charge in [-0.1, -0.05) is 6.07 Å². The van der Waals surface area contributed by atoms with Crippen LogP contribution in [0.3, 0.4) is 0 Å². The predicted octanol–water partition coefficient (Wildman–Crippen LogP) is 5.17. The molecule has 1 aliphatic rings. The molecule has 2 atom stereocenters. The van der Waals surface area contributed by atoms with Gasteiger partial charge in [-0.3, -0.25) is 15.1 Å². The highest BCUT2D eigenvalue weighted by molar-refractivity contribution is 7.80. The van der Waals surface area contributed by atoms with Crippen molar-refractivity contribution in [3.05, 3.63) is 106 Å². The van der Waals surface area contributed by atoms with E-state index in [0.717, 1.165) is 28.4 Å². The van der Waals surface area contributed by atoms with Crippen LogP contribution in [0.5, 0.6) is 5.75 Å². The number of benzene rings is 1. The smallest absolute Gasteiger partial charge is 0.296 e. The predicted molar refractivity (Wildman–Crippen MR) is 138 cm³/mol. The van der Waals surface area contributed by atoms with Gasteiger partial charge >= 0.3 is 0 Å². The molecule has 1 saturated heterocycles. The molecule has 0 spiro atoms. The molecule has 1 aliphatic heterocycles. The van der Waals surface area contributed by atoms with Crippen LogP contribution >= 0.6 is 12.2 Å². The van der Waals surface area contributed by atoms with E-state index in [4.69, 9.17) is 21.4 Å². The Hall–Kier alpha value is -4.18. The van der Waals surface area contributed by atoms with Gasteiger partial charge in [-0.25, -0.2) is 0 Å². The maximum absolute atomic E-state index is 11.9. The van der Waals surface area contributed by atoms with E-state index in [1.165, 1.54) is 13.2 Å². The zero-order valence-electron chi connectivity index (χ0n) is 20.0. The number of thiocarbonyl (C=S) groups is 1. The summed E-state index contributed by atoms with van der Waals surface area (Å²) in [7, 11) is 1.49. The minimum atomic E-state index is -0.386. The first-order valence-corrected chi connectivity index (χ1v) is 11.8. The highest BCUT2D eigenvalue weighted by Gasteiger charge is 2.42. The van der Waals surface area contributed by atoms with E-state index in [-0.39, 0.29) is 22.7 Å². The molecule has 4 aromatic rings. The van der Waals surface area contributed by atoms with E-state index in [1.807, 2.05) is 48.7 Å². The number of rotatable bonds is 7. The molecule has 0 radical (unpaired) electrons. The van der Waals surface area contributed by atoms with Crippen LogP contribution in [-0.4, -0.2) is 31.6 Å². The lowest BCUT2D eigenvalue weighted by Crippen LogP contribution is -2.29. The quantitative estimate of drug-likeness (QED) is 0.209. The number of pyridine rings is 1. The monoisotopic (exact) mass is 503 g/mol. The Balaban J connectivity index is 1.65. The van der Waals surface area contributed by atoms with Gasteiger partial charge in [-0.2, -0.15) is 0 Å². The van der Waals surface area contributed by atoms with E-state index in [2.05, 4.69) is 21.3 Å². The van der Waals surface area contributed by atoms with Gasteiger partial charge in [0.25, 0.3) is 5.69 Å². The molecule has 5 rings (SSSR count). The maximum atomic E-state index is 11.9. The van der Waals surface area contributed by atoms with Crippen molar-refractivity contribution >= 4 is 23.0 Å². The molecule has 1 N–H and O–H groups in total. The van der Waals surface area contributed by atoms with Crippen molar-refractivity contribution in [1.82, 2.24) is 19.8 Å². The number of nitro benzene ring substituents is 1. The van der Waals surface area contributed by atoms with E-state index in [1.54, 1.807) is 24.6 Å². The average molecular weight is 504 g/mol. The van der Waals surface area contributed by atoms with Gasteiger partial charge in [0, 0.05) is 17.6 Å². The highest BCUT2D eigenvalue weighted by Crippen LogP contribution is 2.43. The first-order chi connectivity index (χ1) is 17.4. The minimum absolute atomic E-state index is 0.0310. The molecule has 0 aliphatic carbocycles. The zero-order valence-corrected chi connectivity index (χ0v) is 20.9. The Morgan fingerprint density at radius 1 is 1.19 bits per heavy atom. The van der Waals surface area contributed by atoms with Crippen LogP contribution < -0.4 is 10.1 Å². The fourth-order valence-corrected chi connectivity index (χ4v) is 5.21. The van der Waals surface area contributed by atoms with Crippen LogP contribution in [0.15, 0.2) is 71.5 Å². The first-order valence-electron chi connectivity index (χ1n) is 11.4. The lowest BCUT2D eigenvalue weighted by molar-refractivity contribution is -0.384. The van der Waals surface area contributed by atoms with Gasteiger partial charge in [-0.15, -0.1) is 0 Å². The van der Waals surface area contributed by atoms with Crippen LogP contribution in [0.4, 0.5) is 5.69 Å². The molecule has 0 saturated carbocycles. The molecule has 0 amide bonds. The lowest BCUT2D eigenvalue weighted by Gasteiger charge is -2.27.